The molecule has 29 heavy (non-hydrogen) atoms. The molecule has 2 aliphatic heterocycles. The van der Waals surface area contributed by atoms with Gasteiger partial charge < -0.3 is 20.3 Å². The maximum absolute atomic E-state index is 12.2. The fourth-order valence-corrected chi connectivity index (χ4v) is 4.50. The van der Waals surface area contributed by atoms with Crippen LogP contribution in [0.15, 0.2) is 42.5 Å². The van der Waals surface area contributed by atoms with E-state index in [0.29, 0.717) is 25.1 Å². The maximum Gasteiger partial charge on any atom is 0.227 e. The molecule has 0 spiro atoms. The molecule has 0 radical (unpaired) electrons. The van der Waals surface area contributed by atoms with Crippen LogP contribution in [0.4, 0.5) is 5.69 Å². The molecule has 5 heteroatoms. The smallest absolute Gasteiger partial charge is 0.227 e. The van der Waals surface area contributed by atoms with Crippen molar-refractivity contribution in [2.45, 2.75) is 51.2 Å². The van der Waals surface area contributed by atoms with Crippen molar-refractivity contribution in [3.8, 4) is 5.75 Å². The molecule has 0 unspecified atom stereocenters. The average molecular weight is 394 g/mol. The lowest BCUT2D eigenvalue weighted by atomic mass is 9.92. The van der Waals surface area contributed by atoms with Crippen molar-refractivity contribution >= 4 is 11.6 Å². The number of aryl methyl sites for hydroxylation is 1. The third-order valence-electron chi connectivity index (χ3n) is 6.08. The van der Waals surface area contributed by atoms with Crippen molar-refractivity contribution in [3.63, 3.8) is 0 Å². The minimum atomic E-state index is 0.182. The van der Waals surface area contributed by atoms with E-state index in [0.717, 1.165) is 42.9 Å². The number of carbonyl (C=O) groups is 1. The number of benzene rings is 2. The van der Waals surface area contributed by atoms with Crippen LogP contribution in [0.5, 0.6) is 5.75 Å². The number of fused-ring (bicyclic) bond motifs is 1. The Morgan fingerprint density at radius 2 is 2.03 bits per heavy atom. The molecule has 0 bridgehead atoms. The molecule has 4 rings (SSSR count). The van der Waals surface area contributed by atoms with Gasteiger partial charge in [0.2, 0.25) is 5.91 Å². The van der Waals surface area contributed by atoms with Crippen LogP contribution >= 0.6 is 0 Å². The highest BCUT2D eigenvalue weighted by Gasteiger charge is 2.27. The fourth-order valence-electron chi connectivity index (χ4n) is 4.50. The van der Waals surface area contributed by atoms with Crippen LogP contribution in [0, 0.1) is 0 Å². The number of hydrogen-bond acceptors (Lipinski definition) is 4. The molecular weight excluding hydrogens is 362 g/mol. The van der Waals surface area contributed by atoms with E-state index < -0.39 is 0 Å². The van der Waals surface area contributed by atoms with Crippen LogP contribution < -0.4 is 20.3 Å². The lowest BCUT2D eigenvalue weighted by Crippen LogP contribution is -2.45. The fraction of sp³-hybridized carbons (Fsp3) is 0.458. The minimum absolute atomic E-state index is 0.182. The van der Waals surface area contributed by atoms with Gasteiger partial charge in [-0.1, -0.05) is 30.3 Å². The minimum Gasteiger partial charge on any atom is -0.494 e. The first-order valence-corrected chi connectivity index (χ1v) is 10.7. The largest absolute Gasteiger partial charge is 0.494 e. The molecule has 0 aromatic heterocycles. The molecule has 0 aliphatic carbocycles. The maximum atomic E-state index is 12.2. The Kier molecular flexibility index (Phi) is 6.16. The monoisotopic (exact) mass is 393 g/mol. The van der Waals surface area contributed by atoms with Crippen molar-refractivity contribution in [2.24, 2.45) is 0 Å². The SMILES string of the molecule is CCOc1cc2c(cc1CN[C@H]1CCCN[C@H]1c1ccccc1)N(C)C(=O)CC2. The Labute approximate surface area is 173 Å². The van der Waals surface area contributed by atoms with E-state index in [1.165, 1.54) is 17.5 Å². The number of nitrogens with one attached hydrogen (secondary N) is 2. The zero-order valence-electron chi connectivity index (χ0n) is 17.4. The van der Waals surface area contributed by atoms with Gasteiger partial charge in [-0.25, -0.2) is 0 Å². The second kappa shape index (κ2) is 8.97. The van der Waals surface area contributed by atoms with Gasteiger partial charge in [0.15, 0.2) is 0 Å². The third-order valence-corrected chi connectivity index (χ3v) is 6.08. The zero-order chi connectivity index (χ0) is 20.2. The number of piperidine rings is 1. The van der Waals surface area contributed by atoms with Gasteiger partial charge in [-0.15, -0.1) is 0 Å². The summed E-state index contributed by atoms with van der Waals surface area (Å²) in [5.41, 5.74) is 4.65. The summed E-state index contributed by atoms with van der Waals surface area (Å²) in [6.07, 6.45) is 3.66. The first-order valence-electron chi connectivity index (χ1n) is 10.7. The van der Waals surface area contributed by atoms with E-state index in [2.05, 4.69) is 53.1 Å². The number of ether oxygens (including phenoxy) is 1. The Balaban J connectivity index is 1.55. The van der Waals surface area contributed by atoms with E-state index in [9.17, 15) is 4.79 Å². The molecule has 2 N–H and O–H groups in total. The molecule has 5 nitrogen and oxygen atoms in total. The van der Waals surface area contributed by atoms with Crippen molar-refractivity contribution < 1.29 is 9.53 Å². The van der Waals surface area contributed by atoms with E-state index >= 15 is 0 Å². The number of amides is 1. The van der Waals surface area contributed by atoms with Crippen molar-refractivity contribution in [1.29, 1.82) is 0 Å². The van der Waals surface area contributed by atoms with Gasteiger partial charge in [-0.2, -0.15) is 0 Å². The van der Waals surface area contributed by atoms with Gasteiger partial charge in [-0.3, -0.25) is 4.79 Å². The van der Waals surface area contributed by atoms with E-state index in [1.54, 1.807) is 4.90 Å². The number of rotatable bonds is 6. The zero-order valence-corrected chi connectivity index (χ0v) is 17.4. The second-order valence-corrected chi connectivity index (χ2v) is 7.95. The van der Waals surface area contributed by atoms with E-state index in [-0.39, 0.29) is 5.91 Å². The van der Waals surface area contributed by atoms with Gasteiger partial charge in [0.25, 0.3) is 0 Å². The summed E-state index contributed by atoms with van der Waals surface area (Å²) in [5.74, 6) is 1.11. The summed E-state index contributed by atoms with van der Waals surface area (Å²) in [4.78, 5) is 13.9. The summed E-state index contributed by atoms with van der Waals surface area (Å²) in [6.45, 7) is 4.43. The summed E-state index contributed by atoms with van der Waals surface area (Å²) in [7, 11) is 1.87. The predicted octanol–water partition coefficient (Wildman–Crippen LogP) is 3.58. The third kappa shape index (κ3) is 4.31. The average Bonchev–Trinajstić information content (AvgIpc) is 2.76. The van der Waals surface area contributed by atoms with Crippen LogP contribution in [0.2, 0.25) is 0 Å². The van der Waals surface area contributed by atoms with Crippen LogP contribution in [0.3, 0.4) is 0 Å². The lowest BCUT2D eigenvalue weighted by molar-refractivity contribution is -0.118. The highest BCUT2D eigenvalue weighted by molar-refractivity contribution is 5.96. The number of hydrogen-bond donors (Lipinski definition) is 2. The quantitative estimate of drug-likeness (QED) is 0.788. The second-order valence-electron chi connectivity index (χ2n) is 7.95. The first kappa shape index (κ1) is 19.9. The molecular formula is C24H31N3O2. The van der Waals surface area contributed by atoms with Gasteiger partial charge in [-0.05, 0) is 56.0 Å². The Hall–Kier alpha value is -2.37. The van der Waals surface area contributed by atoms with Gasteiger partial charge in [0.1, 0.15) is 5.75 Å². The Bertz CT molecular complexity index is 853. The predicted molar refractivity (Wildman–Crippen MR) is 116 cm³/mol. The Morgan fingerprint density at radius 3 is 2.83 bits per heavy atom. The summed E-state index contributed by atoms with van der Waals surface area (Å²) in [5, 5.41) is 7.45. The molecule has 1 amide bonds. The normalized spacial score (nSPS) is 21.7. The van der Waals surface area contributed by atoms with Gasteiger partial charge >= 0.3 is 0 Å². The van der Waals surface area contributed by atoms with Crippen molar-refractivity contribution in [3.05, 3.63) is 59.2 Å². The van der Waals surface area contributed by atoms with Crippen LogP contribution in [0.1, 0.15) is 48.9 Å². The van der Waals surface area contributed by atoms with Crippen LogP contribution in [0.25, 0.3) is 0 Å². The lowest BCUT2D eigenvalue weighted by Gasteiger charge is -2.34. The topological polar surface area (TPSA) is 53.6 Å². The molecule has 1 saturated heterocycles. The molecule has 1 fully saturated rings. The molecule has 154 valence electrons. The van der Waals surface area contributed by atoms with Crippen LogP contribution in [-0.2, 0) is 17.8 Å². The summed E-state index contributed by atoms with van der Waals surface area (Å²) >= 11 is 0. The van der Waals surface area contributed by atoms with E-state index in [1.807, 2.05) is 14.0 Å². The van der Waals surface area contributed by atoms with E-state index in [4.69, 9.17) is 4.74 Å². The summed E-state index contributed by atoms with van der Waals surface area (Å²) in [6, 6.07) is 15.6. The highest BCUT2D eigenvalue weighted by atomic mass is 16.5. The number of nitrogens with zero attached hydrogens (tertiary/aromatic N) is 1. The molecule has 2 aromatic carbocycles. The molecule has 2 aliphatic rings. The van der Waals surface area contributed by atoms with Crippen molar-refractivity contribution in [1.82, 2.24) is 10.6 Å². The molecule has 2 atom stereocenters. The highest BCUT2D eigenvalue weighted by Crippen LogP contribution is 2.34. The number of anilines is 1. The summed E-state index contributed by atoms with van der Waals surface area (Å²) < 4.78 is 5.96. The van der Waals surface area contributed by atoms with Gasteiger partial charge in [0.05, 0.1) is 6.61 Å². The number of carbonyl (C=O) groups excluding carboxylic acids is 1. The first-order chi connectivity index (χ1) is 14.2. The van der Waals surface area contributed by atoms with Crippen LogP contribution in [-0.4, -0.2) is 32.1 Å². The molecule has 2 heterocycles. The molecule has 2 aromatic rings. The standard InChI is InChI=1S/C24H31N3O2/c1-3-29-22-15-18-11-12-23(28)27(2)21(18)14-19(22)16-26-20-10-7-13-25-24(20)17-8-5-4-6-9-17/h4-6,8-9,14-15,20,24-26H,3,7,10-13,16H2,1-2H3/t20-,24-/m0/s1. The Morgan fingerprint density at radius 1 is 1.21 bits per heavy atom. The van der Waals surface area contributed by atoms with Gasteiger partial charge in [0, 0.05) is 43.3 Å². The van der Waals surface area contributed by atoms with Crippen molar-refractivity contribution in [2.75, 3.05) is 25.1 Å². The molecule has 0 saturated carbocycles.